The van der Waals surface area contributed by atoms with E-state index in [-0.39, 0.29) is 5.54 Å². The second kappa shape index (κ2) is 6.10. The molecule has 2 heterocycles. The van der Waals surface area contributed by atoms with Crippen LogP contribution in [0.2, 0.25) is 0 Å². The van der Waals surface area contributed by atoms with E-state index in [4.69, 9.17) is 13.9 Å². The SMILES string of the molecule is COc1ccc(-c2cnc(CN3CCOCC3(C)C)o2)cc1. The van der Waals surface area contributed by atoms with Crippen LogP contribution >= 0.6 is 0 Å². The lowest BCUT2D eigenvalue weighted by Crippen LogP contribution is -2.52. The van der Waals surface area contributed by atoms with E-state index in [2.05, 4.69) is 23.7 Å². The van der Waals surface area contributed by atoms with Crippen molar-refractivity contribution in [3.63, 3.8) is 0 Å². The van der Waals surface area contributed by atoms with Gasteiger partial charge in [-0.1, -0.05) is 0 Å². The first-order valence-electron chi connectivity index (χ1n) is 7.50. The fraction of sp³-hybridized carbons (Fsp3) is 0.471. The van der Waals surface area contributed by atoms with Gasteiger partial charge in [-0.3, -0.25) is 4.90 Å². The number of rotatable bonds is 4. The first kappa shape index (κ1) is 15.1. The molecule has 1 aromatic heterocycles. The largest absolute Gasteiger partial charge is 0.497 e. The molecule has 1 saturated heterocycles. The number of oxazole rings is 1. The Morgan fingerprint density at radius 2 is 2.05 bits per heavy atom. The molecule has 0 amide bonds. The molecule has 118 valence electrons. The number of hydrogen-bond acceptors (Lipinski definition) is 5. The second-order valence-corrected chi connectivity index (χ2v) is 6.13. The lowest BCUT2D eigenvalue weighted by molar-refractivity contribution is -0.0583. The highest BCUT2D eigenvalue weighted by atomic mass is 16.5. The Balaban J connectivity index is 1.73. The molecule has 0 saturated carbocycles. The number of ether oxygens (including phenoxy) is 2. The topological polar surface area (TPSA) is 47.7 Å². The highest BCUT2D eigenvalue weighted by Crippen LogP contribution is 2.25. The molecule has 0 unspecified atom stereocenters. The third-order valence-electron chi connectivity index (χ3n) is 4.07. The van der Waals surface area contributed by atoms with Crippen LogP contribution in [0.1, 0.15) is 19.7 Å². The van der Waals surface area contributed by atoms with Crippen LogP contribution in [-0.4, -0.2) is 42.3 Å². The maximum absolute atomic E-state index is 5.90. The molecular formula is C17H22N2O3. The number of methoxy groups -OCH3 is 1. The van der Waals surface area contributed by atoms with E-state index in [1.807, 2.05) is 24.3 Å². The van der Waals surface area contributed by atoms with Crippen LogP contribution in [0.15, 0.2) is 34.9 Å². The summed E-state index contributed by atoms with van der Waals surface area (Å²) >= 11 is 0. The van der Waals surface area contributed by atoms with Crippen LogP contribution in [0.3, 0.4) is 0 Å². The standard InChI is InChI=1S/C17H22N2O3/c1-17(2)12-21-9-8-19(17)11-16-18-10-15(22-16)13-4-6-14(20-3)7-5-13/h4-7,10H,8-9,11-12H2,1-3H3. The van der Waals surface area contributed by atoms with Crippen LogP contribution in [-0.2, 0) is 11.3 Å². The highest BCUT2D eigenvalue weighted by Gasteiger charge is 2.31. The molecule has 5 nitrogen and oxygen atoms in total. The van der Waals surface area contributed by atoms with Crippen molar-refractivity contribution in [2.24, 2.45) is 0 Å². The molecule has 3 rings (SSSR count). The Morgan fingerprint density at radius 1 is 1.27 bits per heavy atom. The summed E-state index contributed by atoms with van der Waals surface area (Å²) in [5.41, 5.74) is 1.01. The Morgan fingerprint density at radius 3 is 2.73 bits per heavy atom. The van der Waals surface area contributed by atoms with Crippen molar-refractivity contribution in [3.05, 3.63) is 36.4 Å². The van der Waals surface area contributed by atoms with Gasteiger partial charge in [0.15, 0.2) is 5.76 Å². The van der Waals surface area contributed by atoms with Crippen molar-refractivity contribution in [2.75, 3.05) is 26.9 Å². The summed E-state index contributed by atoms with van der Waals surface area (Å²) in [5, 5.41) is 0. The van der Waals surface area contributed by atoms with Crippen LogP contribution in [0, 0.1) is 0 Å². The minimum Gasteiger partial charge on any atom is -0.497 e. The van der Waals surface area contributed by atoms with Gasteiger partial charge in [-0.25, -0.2) is 4.98 Å². The minimum atomic E-state index is 0.00694. The fourth-order valence-electron chi connectivity index (χ4n) is 2.62. The Hall–Kier alpha value is -1.85. The van der Waals surface area contributed by atoms with Gasteiger partial charge in [-0.2, -0.15) is 0 Å². The molecule has 0 N–H and O–H groups in total. The van der Waals surface area contributed by atoms with E-state index < -0.39 is 0 Å². The van der Waals surface area contributed by atoms with Crippen molar-refractivity contribution in [1.29, 1.82) is 0 Å². The molecule has 2 aromatic rings. The lowest BCUT2D eigenvalue weighted by Gasteiger charge is -2.41. The number of hydrogen-bond donors (Lipinski definition) is 0. The minimum absolute atomic E-state index is 0.00694. The van der Waals surface area contributed by atoms with Gasteiger partial charge in [-0.05, 0) is 38.1 Å². The van der Waals surface area contributed by atoms with Crippen LogP contribution in [0.25, 0.3) is 11.3 Å². The van der Waals surface area contributed by atoms with Gasteiger partial charge in [0.2, 0.25) is 5.89 Å². The molecule has 1 aliphatic heterocycles. The van der Waals surface area contributed by atoms with Gasteiger partial charge in [0.05, 0.1) is 33.1 Å². The molecule has 0 bridgehead atoms. The average molecular weight is 302 g/mol. The monoisotopic (exact) mass is 302 g/mol. The third kappa shape index (κ3) is 3.15. The normalized spacial score (nSPS) is 18.3. The zero-order valence-electron chi connectivity index (χ0n) is 13.3. The predicted molar refractivity (Wildman–Crippen MR) is 83.8 cm³/mol. The maximum Gasteiger partial charge on any atom is 0.209 e. The number of benzene rings is 1. The fourth-order valence-corrected chi connectivity index (χ4v) is 2.62. The summed E-state index contributed by atoms with van der Waals surface area (Å²) < 4.78 is 16.6. The van der Waals surface area contributed by atoms with Gasteiger partial charge >= 0.3 is 0 Å². The molecule has 1 aromatic carbocycles. The summed E-state index contributed by atoms with van der Waals surface area (Å²) in [6.07, 6.45) is 1.78. The maximum atomic E-state index is 5.90. The molecule has 1 fully saturated rings. The van der Waals surface area contributed by atoms with Gasteiger partial charge in [0.1, 0.15) is 5.75 Å². The number of aromatic nitrogens is 1. The second-order valence-electron chi connectivity index (χ2n) is 6.13. The Kier molecular flexibility index (Phi) is 4.18. The molecule has 1 aliphatic rings. The molecule has 5 heteroatoms. The highest BCUT2D eigenvalue weighted by molar-refractivity contribution is 5.57. The van der Waals surface area contributed by atoms with E-state index in [9.17, 15) is 0 Å². The summed E-state index contributed by atoms with van der Waals surface area (Å²) in [6, 6.07) is 7.79. The van der Waals surface area contributed by atoms with E-state index >= 15 is 0 Å². The first-order valence-corrected chi connectivity index (χ1v) is 7.50. The summed E-state index contributed by atoms with van der Waals surface area (Å²) in [7, 11) is 1.66. The summed E-state index contributed by atoms with van der Waals surface area (Å²) in [4.78, 5) is 6.76. The average Bonchev–Trinajstić information content (AvgIpc) is 2.98. The summed E-state index contributed by atoms with van der Waals surface area (Å²) in [5.74, 6) is 2.35. The van der Waals surface area contributed by atoms with E-state index in [0.29, 0.717) is 6.54 Å². The molecule has 0 spiro atoms. The third-order valence-corrected chi connectivity index (χ3v) is 4.07. The van der Waals surface area contributed by atoms with Gasteiger partial charge in [0.25, 0.3) is 0 Å². The zero-order chi connectivity index (χ0) is 15.6. The number of nitrogens with zero attached hydrogens (tertiary/aromatic N) is 2. The molecule has 0 radical (unpaired) electrons. The smallest absolute Gasteiger partial charge is 0.209 e. The Labute approximate surface area is 130 Å². The first-order chi connectivity index (χ1) is 10.6. The molecular weight excluding hydrogens is 280 g/mol. The molecule has 0 atom stereocenters. The van der Waals surface area contributed by atoms with Crippen molar-refractivity contribution < 1.29 is 13.9 Å². The van der Waals surface area contributed by atoms with Crippen molar-refractivity contribution in [1.82, 2.24) is 9.88 Å². The van der Waals surface area contributed by atoms with Gasteiger partial charge in [-0.15, -0.1) is 0 Å². The van der Waals surface area contributed by atoms with Crippen molar-refractivity contribution in [2.45, 2.75) is 25.9 Å². The van der Waals surface area contributed by atoms with Crippen LogP contribution in [0.4, 0.5) is 0 Å². The van der Waals surface area contributed by atoms with E-state index in [1.165, 1.54) is 0 Å². The van der Waals surface area contributed by atoms with Crippen molar-refractivity contribution >= 4 is 0 Å². The van der Waals surface area contributed by atoms with E-state index in [1.54, 1.807) is 13.3 Å². The summed E-state index contributed by atoms with van der Waals surface area (Å²) in [6.45, 7) is 7.45. The van der Waals surface area contributed by atoms with Crippen LogP contribution < -0.4 is 4.74 Å². The lowest BCUT2D eigenvalue weighted by atomic mass is 10.0. The van der Waals surface area contributed by atoms with E-state index in [0.717, 1.165) is 42.7 Å². The molecule has 22 heavy (non-hydrogen) atoms. The Bertz CT molecular complexity index is 619. The quantitative estimate of drug-likeness (QED) is 0.869. The van der Waals surface area contributed by atoms with Gasteiger partial charge < -0.3 is 13.9 Å². The number of morpholine rings is 1. The zero-order valence-corrected chi connectivity index (χ0v) is 13.3. The van der Waals surface area contributed by atoms with Gasteiger partial charge in [0, 0.05) is 17.6 Å². The molecule has 0 aliphatic carbocycles. The van der Waals surface area contributed by atoms with Crippen LogP contribution in [0.5, 0.6) is 5.75 Å². The predicted octanol–water partition coefficient (Wildman–Crippen LogP) is 2.96. The van der Waals surface area contributed by atoms with Crippen molar-refractivity contribution in [3.8, 4) is 17.1 Å².